The van der Waals surface area contributed by atoms with Crippen LogP contribution < -0.4 is 0 Å². The fourth-order valence-corrected chi connectivity index (χ4v) is 3.89. The molecule has 0 aliphatic heterocycles. The van der Waals surface area contributed by atoms with Crippen LogP contribution in [-0.4, -0.2) is 54.0 Å². The lowest BCUT2D eigenvalue weighted by Gasteiger charge is -2.15. The molecule has 0 aliphatic carbocycles. The second-order valence-corrected chi connectivity index (χ2v) is 7.83. The lowest BCUT2D eigenvalue weighted by atomic mass is 10.1. The van der Waals surface area contributed by atoms with E-state index in [2.05, 4.69) is 0 Å². The fraction of sp³-hybridized carbons (Fsp3) is 0.381. The Balaban J connectivity index is 2.00. The number of benzene rings is 2. The normalized spacial score (nSPS) is 12.5. The van der Waals surface area contributed by atoms with Crippen LogP contribution in [-0.2, 0) is 34.9 Å². The van der Waals surface area contributed by atoms with Crippen LogP contribution in [0.5, 0.6) is 0 Å². The highest BCUT2D eigenvalue weighted by molar-refractivity contribution is 7.86. The van der Waals surface area contributed by atoms with E-state index in [4.69, 9.17) is 18.4 Å². The molecule has 0 aliphatic rings. The molecule has 2 rings (SSSR count). The topological polar surface area (TPSA) is 88.1 Å². The van der Waals surface area contributed by atoms with Gasteiger partial charge in [-0.3, -0.25) is 4.18 Å². The zero-order valence-corrected chi connectivity index (χ0v) is 17.4. The Morgan fingerprint density at radius 3 is 2.31 bits per heavy atom. The maximum atomic E-state index is 12.7. The van der Waals surface area contributed by atoms with Crippen molar-refractivity contribution in [1.82, 2.24) is 0 Å². The van der Waals surface area contributed by atoms with Crippen LogP contribution in [0.3, 0.4) is 0 Å². The second kappa shape index (κ2) is 11.7. The van der Waals surface area contributed by atoms with Crippen LogP contribution in [0.25, 0.3) is 0 Å². The molecule has 0 heterocycles. The molecule has 0 aromatic heterocycles. The molecule has 7 nitrogen and oxygen atoms in total. The van der Waals surface area contributed by atoms with Gasteiger partial charge in [0.25, 0.3) is 10.1 Å². The van der Waals surface area contributed by atoms with Gasteiger partial charge in [-0.15, -0.1) is 0 Å². The van der Waals surface area contributed by atoms with Crippen LogP contribution in [0.1, 0.15) is 22.8 Å². The Labute approximate surface area is 171 Å². The Morgan fingerprint density at radius 1 is 0.931 bits per heavy atom. The van der Waals surface area contributed by atoms with Crippen LogP contribution >= 0.6 is 0 Å². The van der Waals surface area contributed by atoms with Crippen molar-refractivity contribution in [2.45, 2.75) is 24.3 Å². The lowest BCUT2D eigenvalue weighted by molar-refractivity contribution is 0.0210. The zero-order chi connectivity index (χ0) is 21.1. The average Bonchev–Trinajstić information content (AvgIpc) is 2.70. The minimum Gasteiger partial charge on any atom is -0.460 e. The van der Waals surface area contributed by atoms with E-state index in [9.17, 15) is 13.2 Å². The summed E-state index contributed by atoms with van der Waals surface area (Å²) in [7, 11) is -2.59. The van der Waals surface area contributed by atoms with E-state index in [1.165, 1.54) is 18.2 Å². The van der Waals surface area contributed by atoms with Gasteiger partial charge < -0.3 is 14.2 Å². The Bertz CT molecular complexity index is 866. The molecule has 0 bridgehead atoms. The summed E-state index contributed by atoms with van der Waals surface area (Å²) in [4.78, 5) is 12.1. The predicted octanol–water partition coefficient (Wildman–Crippen LogP) is 2.84. The van der Waals surface area contributed by atoms with Crippen LogP contribution in [0, 0.1) is 0 Å². The maximum absolute atomic E-state index is 12.7. The van der Waals surface area contributed by atoms with Crippen molar-refractivity contribution in [3.8, 4) is 0 Å². The van der Waals surface area contributed by atoms with E-state index in [1.54, 1.807) is 20.1 Å². The number of hydrogen-bond acceptors (Lipinski definition) is 7. The van der Waals surface area contributed by atoms with Gasteiger partial charge in [0.05, 0.1) is 31.5 Å². The average molecular weight is 422 g/mol. The summed E-state index contributed by atoms with van der Waals surface area (Å²) in [5.41, 5.74) is 0.882. The van der Waals surface area contributed by atoms with E-state index in [0.717, 1.165) is 5.56 Å². The lowest BCUT2D eigenvalue weighted by Crippen LogP contribution is -2.21. The van der Waals surface area contributed by atoms with E-state index >= 15 is 0 Å². The van der Waals surface area contributed by atoms with Crippen molar-refractivity contribution in [3.05, 3.63) is 65.7 Å². The molecule has 0 amide bonds. The van der Waals surface area contributed by atoms with Crippen molar-refractivity contribution >= 4 is 16.1 Å². The number of hydrogen-bond donors (Lipinski definition) is 0. The molecule has 0 saturated carbocycles. The molecular weight excluding hydrogens is 396 g/mol. The molecule has 158 valence electrons. The number of carbonyl (C=O) groups is 1. The molecule has 8 heteroatoms. The number of rotatable bonds is 12. The highest BCUT2D eigenvalue weighted by Gasteiger charge is 2.26. The van der Waals surface area contributed by atoms with Crippen LogP contribution in [0.4, 0.5) is 0 Å². The number of methoxy groups -OCH3 is 1. The van der Waals surface area contributed by atoms with Crippen molar-refractivity contribution in [1.29, 1.82) is 0 Å². The largest absolute Gasteiger partial charge is 0.460 e. The van der Waals surface area contributed by atoms with E-state index in [0.29, 0.717) is 19.6 Å². The van der Waals surface area contributed by atoms with Gasteiger partial charge in [-0.25, -0.2) is 4.79 Å². The molecule has 0 N–H and O–H groups in total. The van der Waals surface area contributed by atoms with E-state index < -0.39 is 22.2 Å². The first kappa shape index (κ1) is 23.0. The van der Waals surface area contributed by atoms with Crippen molar-refractivity contribution in [2.75, 3.05) is 33.5 Å². The maximum Gasteiger partial charge on any atom is 0.339 e. The summed E-state index contributed by atoms with van der Waals surface area (Å²) in [6, 6.07) is 15.3. The Kier molecular flexibility index (Phi) is 9.27. The van der Waals surface area contributed by atoms with Gasteiger partial charge in [-0.05, 0) is 31.0 Å². The number of carbonyl (C=O) groups excluding carboxylic acids is 1. The zero-order valence-electron chi connectivity index (χ0n) is 16.6. The SMILES string of the molecule is COCCOCCOC(=O)c1ccccc1S(=O)(=O)OC(C)Cc1ccccc1. The third-order valence-corrected chi connectivity index (χ3v) is 5.40. The molecule has 2 aromatic rings. The molecular formula is C21H26O7S. The second-order valence-electron chi connectivity index (χ2n) is 6.29. The molecule has 29 heavy (non-hydrogen) atoms. The summed E-state index contributed by atoms with van der Waals surface area (Å²) in [5.74, 6) is -0.751. The molecule has 1 unspecified atom stereocenters. The van der Waals surface area contributed by atoms with Gasteiger partial charge in [0.2, 0.25) is 0 Å². The van der Waals surface area contributed by atoms with Crippen LogP contribution in [0.15, 0.2) is 59.5 Å². The molecule has 0 saturated heterocycles. The molecule has 1 atom stereocenters. The minimum absolute atomic E-state index is 0.00218. The minimum atomic E-state index is -4.15. The van der Waals surface area contributed by atoms with Crippen molar-refractivity contribution < 1.29 is 31.6 Å². The summed E-state index contributed by atoms with van der Waals surface area (Å²) < 4.78 is 46.0. The monoisotopic (exact) mass is 422 g/mol. The van der Waals surface area contributed by atoms with Gasteiger partial charge in [-0.1, -0.05) is 42.5 Å². The summed E-state index contributed by atoms with van der Waals surface area (Å²) in [6.07, 6.45) is -0.174. The third kappa shape index (κ3) is 7.58. The van der Waals surface area contributed by atoms with Gasteiger partial charge in [0, 0.05) is 7.11 Å². The molecule has 0 spiro atoms. The highest BCUT2D eigenvalue weighted by atomic mass is 32.2. The van der Waals surface area contributed by atoms with Crippen molar-refractivity contribution in [3.63, 3.8) is 0 Å². The molecule has 0 fully saturated rings. The third-order valence-electron chi connectivity index (χ3n) is 3.93. The van der Waals surface area contributed by atoms with Gasteiger partial charge >= 0.3 is 5.97 Å². The Morgan fingerprint density at radius 2 is 1.59 bits per heavy atom. The smallest absolute Gasteiger partial charge is 0.339 e. The predicted molar refractivity (Wildman–Crippen MR) is 107 cm³/mol. The first-order chi connectivity index (χ1) is 13.9. The first-order valence-corrected chi connectivity index (χ1v) is 10.6. The molecule has 2 aromatic carbocycles. The summed E-state index contributed by atoms with van der Waals surface area (Å²) in [6.45, 7) is 2.68. The van der Waals surface area contributed by atoms with Gasteiger partial charge in [-0.2, -0.15) is 8.42 Å². The number of ether oxygens (including phenoxy) is 3. The van der Waals surface area contributed by atoms with E-state index in [1.807, 2.05) is 30.3 Å². The van der Waals surface area contributed by atoms with Gasteiger partial charge in [0.15, 0.2) is 0 Å². The quantitative estimate of drug-likeness (QED) is 0.295. The summed E-state index contributed by atoms with van der Waals surface area (Å²) >= 11 is 0. The summed E-state index contributed by atoms with van der Waals surface area (Å²) in [5, 5.41) is 0. The number of esters is 1. The van der Waals surface area contributed by atoms with Crippen LogP contribution in [0.2, 0.25) is 0 Å². The standard InChI is InChI=1S/C21H26O7S/c1-17(16-18-8-4-3-5-9-18)28-29(23,24)20-11-7-6-10-19(20)21(22)27-15-14-26-13-12-25-2/h3-11,17H,12-16H2,1-2H3. The highest BCUT2D eigenvalue weighted by Crippen LogP contribution is 2.21. The first-order valence-electron chi connectivity index (χ1n) is 9.24. The Hall–Kier alpha value is -2.26. The van der Waals surface area contributed by atoms with Crippen molar-refractivity contribution in [2.24, 2.45) is 0 Å². The molecule has 0 radical (unpaired) electrons. The van der Waals surface area contributed by atoms with E-state index in [-0.39, 0.29) is 23.7 Å². The van der Waals surface area contributed by atoms with Gasteiger partial charge in [0.1, 0.15) is 11.5 Å². The fourth-order valence-electron chi connectivity index (χ4n) is 2.62.